The second-order valence-corrected chi connectivity index (χ2v) is 7.57. The van der Waals surface area contributed by atoms with Crippen LogP contribution in [0.25, 0.3) is 0 Å². The zero-order chi connectivity index (χ0) is 21.6. The Bertz CT molecular complexity index is 949. The summed E-state index contributed by atoms with van der Waals surface area (Å²) in [5.41, 5.74) is 1.23. The molecule has 0 spiro atoms. The summed E-state index contributed by atoms with van der Waals surface area (Å²) in [6.07, 6.45) is 1.89. The predicted octanol–water partition coefficient (Wildman–Crippen LogP) is 2.04. The van der Waals surface area contributed by atoms with Crippen molar-refractivity contribution in [2.24, 2.45) is 9.98 Å². The number of nitrogens with zero attached hydrogens (tertiary/aromatic N) is 5. The topological polar surface area (TPSA) is 97.2 Å². The SMILES string of the molecule is CCC1=NC(Nc2ccc(C(=O)Nc3ccccc3)cn2)N=C(N2CCN(C)CC2)N1. The summed E-state index contributed by atoms with van der Waals surface area (Å²) >= 11 is 0. The Kier molecular flexibility index (Phi) is 6.42. The lowest BCUT2D eigenvalue weighted by Crippen LogP contribution is -2.54. The number of carbonyl (C=O) groups excluding carboxylic acids is 1. The van der Waals surface area contributed by atoms with Gasteiger partial charge in [0.15, 0.2) is 0 Å². The third-order valence-electron chi connectivity index (χ3n) is 5.25. The maximum Gasteiger partial charge on any atom is 0.257 e. The molecular formula is C22H28N8O. The van der Waals surface area contributed by atoms with E-state index in [0.717, 1.165) is 50.1 Å². The van der Waals surface area contributed by atoms with E-state index in [-0.39, 0.29) is 5.91 Å². The number of para-hydroxylation sites is 1. The number of anilines is 2. The average Bonchev–Trinajstić information content (AvgIpc) is 2.80. The van der Waals surface area contributed by atoms with Gasteiger partial charge in [0.1, 0.15) is 11.7 Å². The normalized spacial score (nSPS) is 19.2. The van der Waals surface area contributed by atoms with Crippen molar-refractivity contribution in [3.63, 3.8) is 0 Å². The number of likely N-dealkylation sites (N-methyl/N-ethyl adjacent to an activating group) is 1. The summed E-state index contributed by atoms with van der Waals surface area (Å²) in [6.45, 7) is 5.93. The third kappa shape index (κ3) is 5.37. The first kappa shape index (κ1) is 20.8. The molecule has 1 aromatic carbocycles. The number of pyridine rings is 1. The largest absolute Gasteiger partial charge is 0.340 e. The average molecular weight is 421 g/mol. The molecule has 1 fully saturated rings. The zero-order valence-corrected chi connectivity index (χ0v) is 17.9. The lowest BCUT2D eigenvalue weighted by Gasteiger charge is -2.36. The van der Waals surface area contributed by atoms with E-state index in [9.17, 15) is 4.79 Å². The number of amidine groups is 1. The van der Waals surface area contributed by atoms with E-state index < -0.39 is 6.29 Å². The molecule has 0 saturated carbocycles. The Morgan fingerprint density at radius 1 is 1.10 bits per heavy atom. The molecule has 1 unspecified atom stereocenters. The highest BCUT2D eigenvalue weighted by Crippen LogP contribution is 2.13. The van der Waals surface area contributed by atoms with Crippen LogP contribution in [0.2, 0.25) is 0 Å². The maximum absolute atomic E-state index is 12.4. The lowest BCUT2D eigenvalue weighted by atomic mass is 10.2. The molecule has 162 valence electrons. The van der Waals surface area contributed by atoms with E-state index in [1.807, 2.05) is 30.3 Å². The van der Waals surface area contributed by atoms with Crippen molar-refractivity contribution < 1.29 is 4.79 Å². The standard InChI is InChI=1S/C22H28N8O/c1-3-18-25-21(28-22(27-18)30-13-11-29(2)12-14-30)26-19-10-9-16(15-23-19)20(31)24-17-7-5-4-6-8-17/h4-10,15,21H,3,11-14H2,1-2H3,(H,23,26)(H,24,31)(H,25,27,28). The number of nitrogens with one attached hydrogen (secondary N) is 3. The molecule has 9 heteroatoms. The van der Waals surface area contributed by atoms with Gasteiger partial charge in [-0.25, -0.2) is 15.0 Å². The van der Waals surface area contributed by atoms with Crippen molar-refractivity contribution in [1.82, 2.24) is 20.1 Å². The molecule has 0 radical (unpaired) electrons. The molecule has 2 aromatic rings. The van der Waals surface area contributed by atoms with Gasteiger partial charge in [-0.3, -0.25) is 4.79 Å². The smallest absolute Gasteiger partial charge is 0.257 e. The summed E-state index contributed by atoms with van der Waals surface area (Å²) in [5.74, 6) is 2.15. The van der Waals surface area contributed by atoms with Crippen LogP contribution in [0.4, 0.5) is 11.5 Å². The van der Waals surface area contributed by atoms with Gasteiger partial charge in [0.2, 0.25) is 12.2 Å². The quantitative estimate of drug-likeness (QED) is 0.685. The fourth-order valence-corrected chi connectivity index (χ4v) is 3.38. The molecule has 0 aliphatic carbocycles. The number of benzene rings is 1. The first-order valence-electron chi connectivity index (χ1n) is 10.5. The minimum atomic E-state index is -0.456. The van der Waals surface area contributed by atoms with Crippen LogP contribution in [0.3, 0.4) is 0 Å². The Hall–Kier alpha value is -3.46. The van der Waals surface area contributed by atoms with Crippen LogP contribution >= 0.6 is 0 Å². The molecule has 9 nitrogen and oxygen atoms in total. The lowest BCUT2D eigenvalue weighted by molar-refractivity contribution is 0.102. The van der Waals surface area contributed by atoms with Crippen LogP contribution in [0.1, 0.15) is 23.7 Å². The number of hydrogen-bond donors (Lipinski definition) is 3. The van der Waals surface area contributed by atoms with Gasteiger partial charge in [0, 0.05) is 44.5 Å². The van der Waals surface area contributed by atoms with Gasteiger partial charge in [0.05, 0.1) is 5.56 Å². The van der Waals surface area contributed by atoms with Crippen molar-refractivity contribution in [3.8, 4) is 0 Å². The minimum absolute atomic E-state index is 0.200. The van der Waals surface area contributed by atoms with Crippen LogP contribution < -0.4 is 16.0 Å². The molecular weight excluding hydrogens is 392 g/mol. The van der Waals surface area contributed by atoms with Crippen molar-refractivity contribution >= 4 is 29.2 Å². The van der Waals surface area contributed by atoms with Gasteiger partial charge in [-0.2, -0.15) is 0 Å². The van der Waals surface area contributed by atoms with Gasteiger partial charge in [0.25, 0.3) is 5.91 Å². The highest BCUT2D eigenvalue weighted by atomic mass is 16.1. The Balaban J connectivity index is 1.41. The molecule has 31 heavy (non-hydrogen) atoms. The molecule has 3 N–H and O–H groups in total. The highest BCUT2D eigenvalue weighted by Gasteiger charge is 2.23. The first-order valence-corrected chi connectivity index (χ1v) is 10.5. The molecule has 1 aromatic heterocycles. The van der Waals surface area contributed by atoms with Gasteiger partial charge in [-0.1, -0.05) is 25.1 Å². The van der Waals surface area contributed by atoms with E-state index in [1.165, 1.54) is 0 Å². The molecule has 1 saturated heterocycles. The number of hydrogen-bond acceptors (Lipinski definition) is 8. The number of amides is 1. The van der Waals surface area contributed by atoms with Gasteiger partial charge in [-0.05, 0) is 31.3 Å². The second kappa shape index (κ2) is 9.57. The number of carbonyl (C=O) groups is 1. The molecule has 3 heterocycles. The van der Waals surface area contributed by atoms with Crippen molar-refractivity contribution in [3.05, 3.63) is 54.2 Å². The Morgan fingerprint density at radius 3 is 2.55 bits per heavy atom. The van der Waals surface area contributed by atoms with Crippen molar-refractivity contribution in [2.75, 3.05) is 43.9 Å². The third-order valence-corrected chi connectivity index (χ3v) is 5.25. The van der Waals surface area contributed by atoms with Crippen LogP contribution in [-0.4, -0.2) is 72.0 Å². The number of piperazine rings is 1. The maximum atomic E-state index is 12.4. The first-order chi connectivity index (χ1) is 15.1. The van der Waals surface area contributed by atoms with E-state index in [1.54, 1.807) is 18.3 Å². The fraction of sp³-hybridized carbons (Fsp3) is 0.364. The van der Waals surface area contributed by atoms with Crippen LogP contribution in [0.15, 0.2) is 58.6 Å². The van der Waals surface area contributed by atoms with Crippen LogP contribution in [-0.2, 0) is 0 Å². The summed E-state index contributed by atoms with van der Waals surface area (Å²) in [5, 5.41) is 9.45. The second-order valence-electron chi connectivity index (χ2n) is 7.57. The van der Waals surface area contributed by atoms with Crippen LogP contribution in [0, 0.1) is 0 Å². The molecule has 1 atom stereocenters. The minimum Gasteiger partial charge on any atom is -0.340 e. The van der Waals surface area contributed by atoms with Gasteiger partial charge >= 0.3 is 0 Å². The molecule has 0 bridgehead atoms. The molecule has 4 rings (SSSR count). The Morgan fingerprint density at radius 2 is 1.87 bits per heavy atom. The number of aromatic nitrogens is 1. The van der Waals surface area contributed by atoms with E-state index >= 15 is 0 Å². The Labute approximate surface area is 182 Å². The number of rotatable bonds is 5. The fourth-order valence-electron chi connectivity index (χ4n) is 3.38. The van der Waals surface area contributed by atoms with Gasteiger partial charge < -0.3 is 25.8 Å². The molecule has 2 aliphatic heterocycles. The van der Waals surface area contributed by atoms with Crippen LogP contribution in [0.5, 0.6) is 0 Å². The van der Waals surface area contributed by atoms with Crippen molar-refractivity contribution in [2.45, 2.75) is 19.6 Å². The summed E-state index contributed by atoms with van der Waals surface area (Å²) in [6, 6.07) is 12.9. The number of guanidine groups is 1. The summed E-state index contributed by atoms with van der Waals surface area (Å²) in [7, 11) is 2.13. The predicted molar refractivity (Wildman–Crippen MR) is 123 cm³/mol. The number of aliphatic imine (C=N–C) groups is 2. The van der Waals surface area contributed by atoms with E-state index in [0.29, 0.717) is 11.4 Å². The molecule has 1 amide bonds. The van der Waals surface area contributed by atoms with Crippen molar-refractivity contribution in [1.29, 1.82) is 0 Å². The summed E-state index contributed by atoms with van der Waals surface area (Å²) in [4.78, 5) is 30.7. The zero-order valence-electron chi connectivity index (χ0n) is 17.9. The van der Waals surface area contributed by atoms with Gasteiger partial charge in [-0.15, -0.1) is 0 Å². The van der Waals surface area contributed by atoms with E-state index in [4.69, 9.17) is 4.99 Å². The van der Waals surface area contributed by atoms with E-state index in [2.05, 4.69) is 49.7 Å². The highest BCUT2D eigenvalue weighted by molar-refractivity contribution is 6.04. The summed E-state index contributed by atoms with van der Waals surface area (Å²) < 4.78 is 0. The monoisotopic (exact) mass is 420 g/mol. The molecule has 2 aliphatic rings.